The molecule has 1 heterocycles. The zero-order valence-corrected chi connectivity index (χ0v) is 17.2. The molecule has 5 aliphatic rings. The Kier molecular flexibility index (Phi) is 4.29. The summed E-state index contributed by atoms with van der Waals surface area (Å²) in [6.07, 6.45) is 8.94. The molecule has 150 valence electrons. The van der Waals surface area contributed by atoms with Crippen molar-refractivity contribution in [2.45, 2.75) is 71.3 Å². The second-order valence-corrected chi connectivity index (χ2v) is 10.2. The van der Waals surface area contributed by atoms with Gasteiger partial charge in [-0.05, 0) is 100 Å². The zero-order chi connectivity index (χ0) is 19.5. The second kappa shape index (κ2) is 6.60. The average molecular weight is 381 g/mol. The van der Waals surface area contributed by atoms with Crippen LogP contribution in [0.15, 0.2) is 18.2 Å². The predicted molar refractivity (Wildman–Crippen MR) is 110 cm³/mol. The van der Waals surface area contributed by atoms with Crippen LogP contribution < -0.4 is 5.32 Å². The van der Waals surface area contributed by atoms with E-state index in [0.29, 0.717) is 5.91 Å². The summed E-state index contributed by atoms with van der Waals surface area (Å²) in [5.74, 6) is 2.54. The SMILES string of the molecule is Cc1ccc(C)c(NC(=O)C2CCCN2C(=O)C23CC4CC(CC(C4)C2)C3)c1. The van der Waals surface area contributed by atoms with Crippen molar-refractivity contribution in [1.29, 1.82) is 0 Å². The van der Waals surface area contributed by atoms with E-state index < -0.39 is 0 Å². The fourth-order valence-corrected chi connectivity index (χ4v) is 7.05. The lowest BCUT2D eigenvalue weighted by molar-refractivity contribution is -0.160. The van der Waals surface area contributed by atoms with Gasteiger partial charge in [-0.15, -0.1) is 0 Å². The molecular formula is C24H32N2O2. The van der Waals surface area contributed by atoms with Crippen molar-refractivity contribution >= 4 is 17.5 Å². The lowest BCUT2D eigenvalue weighted by atomic mass is 9.49. The molecule has 0 aromatic heterocycles. The molecule has 1 unspecified atom stereocenters. The molecule has 1 aromatic rings. The van der Waals surface area contributed by atoms with E-state index in [1.54, 1.807) is 0 Å². The molecule has 1 aromatic carbocycles. The van der Waals surface area contributed by atoms with Crippen LogP contribution in [0.2, 0.25) is 0 Å². The molecule has 5 fully saturated rings. The molecule has 6 rings (SSSR count). The van der Waals surface area contributed by atoms with Gasteiger partial charge >= 0.3 is 0 Å². The van der Waals surface area contributed by atoms with Crippen LogP contribution in [0.3, 0.4) is 0 Å². The molecule has 0 radical (unpaired) electrons. The van der Waals surface area contributed by atoms with Crippen LogP contribution in [0.25, 0.3) is 0 Å². The third-order valence-corrected chi connectivity index (χ3v) is 7.96. The molecule has 4 saturated carbocycles. The maximum absolute atomic E-state index is 13.7. The highest BCUT2D eigenvalue weighted by atomic mass is 16.2. The average Bonchev–Trinajstić information content (AvgIpc) is 3.12. The maximum atomic E-state index is 13.7. The quantitative estimate of drug-likeness (QED) is 0.842. The minimum Gasteiger partial charge on any atom is -0.330 e. The zero-order valence-electron chi connectivity index (χ0n) is 17.2. The Balaban J connectivity index is 1.34. The van der Waals surface area contributed by atoms with Crippen LogP contribution in [-0.4, -0.2) is 29.3 Å². The predicted octanol–water partition coefficient (Wildman–Crippen LogP) is 4.45. The number of aryl methyl sites for hydroxylation is 2. The first kappa shape index (κ1) is 18.2. The molecule has 4 heteroatoms. The monoisotopic (exact) mass is 380 g/mol. The molecular weight excluding hydrogens is 348 g/mol. The third kappa shape index (κ3) is 2.96. The van der Waals surface area contributed by atoms with Gasteiger partial charge in [0.05, 0.1) is 5.41 Å². The van der Waals surface area contributed by atoms with Crippen molar-refractivity contribution in [2.75, 3.05) is 11.9 Å². The van der Waals surface area contributed by atoms with Crippen molar-refractivity contribution in [3.05, 3.63) is 29.3 Å². The van der Waals surface area contributed by atoms with Crippen LogP contribution in [-0.2, 0) is 9.59 Å². The Morgan fingerprint density at radius 2 is 1.68 bits per heavy atom. The number of hydrogen-bond acceptors (Lipinski definition) is 2. The summed E-state index contributed by atoms with van der Waals surface area (Å²) >= 11 is 0. The Labute approximate surface area is 168 Å². The number of amides is 2. The van der Waals surface area contributed by atoms with Gasteiger partial charge in [0.2, 0.25) is 11.8 Å². The van der Waals surface area contributed by atoms with E-state index in [4.69, 9.17) is 0 Å². The number of benzene rings is 1. The Morgan fingerprint density at radius 3 is 2.32 bits per heavy atom. The molecule has 1 saturated heterocycles. The Bertz CT molecular complexity index is 780. The van der Waals surface area contributed by atoms with Gasteiger partial charge < -0.3 is 10.2 Å². The van der Waals surface area contributed by atoms with Crippen LogP contribution in [0, 0.1) is 37.0 Å². The Morgan fingerprint density at radius 1 is 1.04 bits per heavy atom. The van der Waals surface area contributed by atoms with Crippen LogP contribution in [0.5, 0.6) is 0 Å². The number of carbonyl (C=O) groups is 2. The van der Waals surface area contributed by atoms with E-state index in [0.717, 1.165) is 73.2 Å². The molecule has 2 amide bonds. The lowest BCUT2D eigenvalue weighted by Gasteiger charge is -2.56. The Hall–Kier alpha value is -1.84. The van der Waals surface area contributed by atoms with Gasteiger partial charge in [0.1, 0.15) is 6.04 Å². The topological polar surface area (TPSA) is 49.4 Å². The number of nitrogens with zero attached hydrogens (tertiary/aromatic N) is 1. The van der Waals surface area contributed by atoms with E-state index in [1.807, 2.05) is 30.9 Å². The van der Waals surface area contributed by atoms with Gasteiger partial charge in [0, 0.05) is 12.2 Å². The van der Waals surface area contributed by atoms with E-state index >= 15 is 0 Å². The number of carbonyl (C=O) groups excluding carboxylic acids is 2. The highest BCUT2D eigenvalue weighted by Crippen LogP contribution is 2.60. The van der Waals surface area contributed by atoms with Crippen molar-refractivity contribution in [2.24, 2.45) is 23.2 Å². The van der Waals surface area contributed by atoms with Gasteiger partial charge in [-0.2, -0.15) is 0 Å². The molecule has 28 heavy (non-hydrogen) atoms. The molecule has 4 nitrogen and oxygen atoms in total. The maximum Gasteiger partial charge on any atom is 0.247 e. The molecule has 4 aliphatic carbocycles. The molecule has 1 atom stereocenters. The fraction of sp³-hybridized carbons (Fsp3) is 0.667. The summed E-state index contributed by atoms with van der Waals surface area (Å²) in [4.78, 5) is 28.8. The third-order valence-electron chi connectivity index (χ3n) is 7.96. The van der Waals surface area contributed by atoms with Crippen LogP contribution in [0.4, 0.5) is 5.69 Å². The summed E-state index contributed by atoms with van der Waals surface area (Å²) in [7, 11) is 0. The van der Waals surface area contributed by atoms with Gasteiger partial charge in [-0.25, -0.2) is 0 Å². The highest BCUT2D eigenvalue weighted by molar-refractivity contribution is 5.99. The summed E-state index contributed by atoms with van der Waals surface area (Å²) in [6.45, 7) is 4.79. The first-order chi connectivity index (χ1) is 13.4. The van der Waals surface area contributed by atoms with Gasteiger partial charge in [-0.3, -0.25) is 9.59 Å². The first-order valence-electron chi connectivity index (χ1n) is 11.1. The van der Waals surface area contributed by atoms with E-state index in [2.05, 4.69) is 11.4 Å². The van der Waals surface area contributed by atoms with Gasteiger partial charge in [-0.1, -0.05) is 12.1 Å². The number of anilines is 1. The summed E-state index contributed by atoms with van der Waals surface area (Å²) in [6, 6.07) is 5.81. The van der Waals surface area contributed by atoms with Crippen LogP contribution >= 0.6 is 0 Å². The van der Waals surface area contributed by atoms with E-state index in [-0.39, 0.29) is 17.4 Å². The first-order valence-corrected chi connectivity index (χ1v) is 11.1. The standard InChI is InChI=1S/C24H32N2O2/c1-15-5-6-16(2)20(8-15)25-22(27)21-4-3-7-26(21)23(28)24-12-17-9-18(13-24)11-19(10-17)14-24/h5-6,8,17-19,21H,3-4,7,9-14H2,1-2H3,(H,25,27). The lowest BCUT2D eigenvalue weighted by Crippen LogP contribution is -2.56. The van der Waals surface area contributed by atoms with Crippen molar-refractivity contribution in [3.63, 3.8) is 0 Å². The minimum absolute atomic E-state index is 0.00993. The van der Waals surface area contributed by atoms with E-state index in [9.17, 15) is 9.59 Å². The normalized spacial score (nSPS) is 36.0. The molecule has 1 N–H and O–H groups in total. The molecule has 4 bridgehead atoms. The summed E-state index contributed by atoms with van der Waals surface area (Å²) in [5, 5.41) is 3.12. The second-order valence-electron chi connectivity index (χ2n) is 10.2. The summed E-state index contributed by atoms with van der Waals surface area (Å²) in [5.41, 5.74) is 2.92. The highest BCUT2D eigenvalue weighted by Gasteiger charge is 2.56. The number of nitrogens with one attached hydrogen (secondary N) is 1. The van der Waals surface area contributed by atoms with Crippen molar-refractivity contribution in [3.8, 4) is 0 Å². The number of likely N-dealkylation sites (tertiary alicyclic amines) is 1. The van der Waals surface area contributed by atoms with Gasteiger partial charge in [0.25, 0.3) is 0 Å². The van der Waals surface area contributed by atoms with Crippen molar-refractivity contribution < 1.29 is 9.59 Å². The largest absolute Gasteiger partial charge is 0.330 e. The van der Waals surface area contributed by atoms with E-state index in [1.165, 1.54) is 19.3 Å². The molecule has 0 spiro atoms. The summed E-state index contributed by atoms with van der Waals surface area (Å²) < 4.78 is 0. The van der Waals surface area contributed by atoms with Gasteiger partial charge in [0.15, 0.2) is 0 Å². The minimum atomic E-state index is -0.305. The number of hydrogen-bond donors (Lipinski definition) is 1. The fourth-order valence-electron chi connectivity index (χ4n) is 7.05. The van der Waals surface area contributed by atoms with Crippen molar-refractivity contribution in [1.82, 2.24) is 4.90 Å². The molecule has 1 aliphatic heterocycles. The number of rotatable bonds is 3. The smallest absolute Gasteiger partial charge is 0.247 e. The van der Waals surface area contributed by atoms with Crippen LogP contribution in [0.1, 0.15) is 62.5 Å².